The first-order valence-corrected chi connectivity index (χ1v) is 11.8. The standard InChI is InChI=1S/C30H28O2/c1-31-30(32-2)28(24-16-14-20-8-3-5-10-22(20)18-24)26-12-7-13-27(26)29(28,30)25-17-15-21-9-4-6-11-23(21)19-25/h3-6,8-11,14-19,26-27H,7,12-13H2,1-2H3. The van der Waals surface area contributed by atoms with Gasteiger partial charge in [0.05, 0.1) is 10.8 Å². The summed E-state index contributed by atoms with van der Waals surface area (Å²) in [6.07, 6.45) is 3.80. The second-order valence-electron chi connectivity index (χ2n) is 9.91. The van der Waals surface area contributed by atoms with E-state index in [9.17, 15) is 0 Å². The molecule has 2 heteroatoms. The van der Waals surface area contributed by atoms with Crippen molar-refractivity contribution < 1.29 is 9.47 Å². The molecule has 0 saturated heterocycles. The Balaban J connectivity index is 1.51. The van der Waals surface area contributed by atoms with Crippen LogP contribution in [0.1, 0.15) is 30.4 Å². The molecule has 4 atom stereocenters. The number of ether oxygens (including phenoxy) is 2. The van der Waals surface area contributed by atoms with Crippen molar-refractivity contribution in [1.82, 2.24) is 0 Å². The Morgan fingerprint density at radius 3 is 1.47 bits per heavy atom. The van der Waals surface area contributed by atoms with E-state index in [2.05, 4.69) is 84.9 Å². The van der Waals surface area contributed by atoms with E-state index in [1.54, 1.807) is 0 Å². The number of benzene rings is 4. The summed E-state index contributed by atoms with van der Waals surface area (Å²) in [6, 6.07) is 31.4. The van der Waals surface area contributed by atoms with Crippen LogP contribution >= 0.6 is 0 Å². The lowest BCUT2D eigenvalue weighted by Gasteiger charge is -2.47. The third kappa shape index (κ3) is 1.81. The van der Waals surface area contributed by atoms with Crippen LogP contribution in [0.5, 0.6) is 0 Å². The summed E-state index contributed by atoms with van der Waals surface area (Å²) >= 11 is 0. The topological polar surface area (TPSA) is 18.5 Å². The zero-order valence-corrected chi connectivity index (χ0v) is 18.7. The van der Waals surface area contributed by atoms with E-state index in [0.29, 0.717) is 11.8 Å². The lowest BCUT2D eigenvalue weighted by molar-refractivity contribution is -0.152. The van der Waals surface area contributed by atoms with Gasteiger partial charge in [-0.05, 0) is 57.3 Å². The Kier molecular flexibility index (Phi) is 3.66. The van der Waals surface area contributed by atoms with Gasteiger partial charge in [-0.15, -0.1) is 0 Å². The first-order chi connectivity index (χ1) is 15.7. The van der Waals surface area contributed by atoms with Gasteiger partial charge in [-0.3, -0.25) is 0 Å². The highest BCUT2D eigenvalue weighted by molar-refractivity contribution is 5.86. The van der Waals surface area contributed by atoms with Crippen molar-refractivity contribution in [3.05, 3.63) is 96.1 Å². The molecule has 0 aliphatic heterocycles. The van der Waals surface area contributed by atoms with Crippen LogP contribution in [-0.2, 0) is 20.3 Å². The van der Waals surface area contributed by atoms with Crippen molar-refractivity contribution >= 4 is 21.5 Å². The molecule has 160 valence electrons. The maximum absolute atomic E-state index is 6.44. The zero-order chi connectivity index (χ0) is 21.6. The normalized spacial score (nSPS) is 31.8. The summed E-state index contributed by atoms with van der Waals surface area (Å²) < 4.78 is 12.9. The molecule has 0 aromatic heterocycles. The van der Waals surface area contributed by atoms with E-state index in [4.69, 9.17) is 9.47 Å². The van der Waals surface area contributed by atoms with Gasteiger partial charge in [0.1, 0.15) is 0 Å². The minimum absolute atomic E-state index is 0.142. The Labute approximate surface area is 189 Å². The molecule has 4 aromatic rings. The van der Waals surface area contributed by atoms with Gasteiger partial charge in [-0.25, -0.2) is 0 Å². The SMILES string of the molecule is COC1(OC)C2(c3ccc4ccccc4c3)C3CCCC3C12c1ccc2ccccc2c1. The first kappa shape index (κ1) is 18.8. The van der Waals surface area contributed by atoms with Crippen molar-refractivity contribution in [1.29, 1.82) is 0 Å². The maximum atomic E-state index is 6.44. The molecule has 0 spiro atoms. The van der Waals surface area contributed by atoms with Crippen LogP contribution < -0.4 is 0 Å². The molecule has 0 N–H and O–H groups in total. The van der Waals surface area contributed by atoms with E-state index < -0.39 is 5.79 Å². The zero-order valence-electron chi connectivity index (χ0n) is 18.7. The highest BCUT2D eigenvalue weighted by atomic mass is 16.7. The Morgan fingerprint density at radius 1 is 0.594 bits per heavy atom. The van der Waals surface area contributed by atoms with Crippen LogP contribution in [0, 0.1) is 11.8 Å². The summed E-state index contributed by atoms with van der Waals surface area (Å²) in [5, 5.41) is 5.15. The van der Waals surface area contributed by atoms with Crippen LogP contribution in [0.3, 0.4) is 0 Å². The number of hydrogen-bond acceptors (Lipinski definition) is 2. The van der Waals surface area contributed by atoms with Gasteiger partial charge in [-0.1, -0.05) is 91.3 Å². The second kappa shape index (κ2) is 6.21. The fourth-order valence-corrected chi connectivity index (χ4v) is 8.38. The number of fused-ring (bicyclic) bond motifs is 6. The van der Waals surface area contributed by atoms with E-state index in [1.165, 1.54) is 51.9 Å². The molecule has 3 fully saturated rings. The summed E-state index contributed by atoms with van der Waals surface area (Å²) in [6.45, 7) is 0. The largest absolute Gasteiger partial charge is 0.351 e. The fourth-order valence-electron chi connectivity index (χ4n) is 8.38. The molecule has 3 saturated carbocycles. The summed E-state index contributed by atoms with van der Waals surface area (Å²) in [7, 11) is 3.70. The van der Waals surface area contributed by atoms with Crippen LogP contribution in [0.25, 0.3) is 21.5 Å². The smallest absolute Gasteiger partial charge is 0.189 e. The Morgan fingerprint density at radius 2 is 1.03 bits per heavy atom. The lowest BCUT2D eigenvalue weighted by atomic mass is 9.54. The molecule has 4 aromatic carbocycles. The van der Waals surface area contributed by atoms with Crippen molar-refractivity contribution in [2.45, 2.75) is 35.9 Å². The van der Waals surface area contributed by atoms with E-state index >= 15 is 0 Å². The molecule has 7 rings (SSSR count). The molecule has 32 heavy (non-hydrogen) atoms. The van der Waals surface area contributed by atoms with E-state index in [0.717, 1.165) is 0 Å². The molecule has 0 heterocycles. The highest BCUT2D eigenvalue weighted by Gasteiger charge is 3.01. The van der Waals surface area contributed by atoms with Gasteiger partial charge in [0.2, 0.25) is 0 Å². The van der Waals surface area contributed by atoms with Crippen molar-refractivity contribution in [2.24, 2.45) is 11.8 Å². The van der Waals surface area contributed by atoms with Gasteiger partial charge in [-0.2, -0.15) is 0 Å². The van der Waals surface area contributed by atoms with Crippen LogP contribution in [0.2, 0.25) is 0 Å². The van der Waals surface area contributed by atoms with E-state index in [1.807, 2.05) is 14.2 Å². The maximum Gasteiger partial charge on any atom is 0.189 e. The highest BCUT2D eigenvalue weighted by Crippen LogP contribution is 2.92. The van der Waals surface area contributed by atoms with Crippen molar-refractivity contribution in [3.8, 4) is 0 Å². The fraction of sp³-hybridized carbons (Fsp3) is 0.333. The minimum Gasteiger partial charge on any atom is -0.351 e. The number of rotatable bonds is 4. The predicted octanol–water partition coefficient (Wildman–Crippen LogP) is 6.60. The average molecular weight is 421 g/mol. The molecule has 0 bridgehead atoms. The monoisotopic (exact) mass is 420 g/mol. The minimum atomic E-state index is -0.624. The van der Waals surface area contributed by atoms with Gasteiger partial charge >= 0.3 is 0 Å². The summed E-state index contributed by atoms with van der Waals surface area (Å²) in [4.78, 5) is 0. The summed E-state index contributed by atoms with van der Waals surface area (Å²) in [5.74, 6) is 0.561. The molecule has 3 aliphatic carbocycles. The summed E-state index contributed by atoms with van der Waals surface area (Å²) in [5.41, 5.74) is 2.46. The van der Waals surface area contributed by atoms with Crippen LogP contribution in [0.4, 0.5) is 0 Å². The van der Waals surface area contributed by atoms with Crippen molar-refractivity contribution in [2.75, 3.05) is 14.2 Å². The van der Waals surface area contributed by atoms with Crippen molar-refractivity contribution in [3.63, 3.8) is 0 Å². The number of hydrogen-bond donors (Lipinski definition) is 0. The third-order valence-electron chi connectivity index (χ3n) is 9.21. The molecular weight excluding hydrogens is 392 g/mol. The molecule has 0 radical (unpaired) electrons. The van der Waals surface area contributed by atoms with Gasteiger partial charge in [0.25, 0.3) is 0 Å². The first-order valence-electron chi connectivity index (χ1n) is 11.8. The van der Waals surface area contributed by atoms with Crippen LogP contribution in [0.15, 0.2) is 84.9 Å². The molecule has 0 amide bonds. The molecule has 3 aliphatic rings. The third-order valence-corrected chi connectivity index (χ3v) is 9.21. The molecule has 2 nitrogen and oxygen atoms in total. The quantitative estimate of drug-likeness (QED) is 0.346. The van der Waals surface area contributed by atoms with Crippen LogP contribution in [-0.4, -0.2) is 20.0 Å². The molecule has 4 unspecified atom stereocenters. The van der Waals surface area contributed by atoms with Gasteiger partial charge in [0, 0.05) is 14.2 Å². The lowest BCUT2D eigenvalue weighted by Crippen LogP contribution is -2.49. The average Bonchev–Trinajstić information content (AvgIpc) is 3.04. The van der Waals surface area contributed by atoms with E-state index in [-0.39, 0.29) is 10.8 Å². The van der Waals surface area contributed by atoms with Gasteiger partial charge in [0.15, 0.2) is 5.79 Å². The molecular formula is C30H28O2. The van der Waals surface area contributed by atoms with Gasteiger partial charge < -0.3 is 9.47 Å². The number of methoxy groups -OCH3 is 2. The predicted molar refractivity (Wildman–Crippen MR) is 129 cm³/mol. The Bertz CT molecular complexity index is 1270. The second-order valence-corrected chi connectivity index (χ2v) is 9.91. The Hall–Kier alpha value is -2.68.